The van der Waals surface area contributed by atoms with Crippen molar-refractivity contribution in [3.63, 3.8) is 0 Å². The third-order valence-corrected chi connectivity index (χ3v) is 3.68. The molecule has 0 spiro atoms. The zero-order valence-electron chi connectivity index (χ0n) is 11.3. The number of nitrogens with zero attached hydrogens (tertiary/aromatic N) is 1. The molecule has 0 saturated carbocycles. The van der Waals surface area contributed by atoms with E-state index >= 15 is 0 Å². The minimum absolute atomic E-state index is 0.0961. The Morgan fingerprint density at radius 2 is 2.32 bits per heavy atom. The second-order valence-corrected chi connectivity index (χ2v) is 5.72. The molecular weight excluding hydrogens is 258 g/mol. The highest BCUT2D eigenvalue weighted by Crippen LogP contribution is 2.13. The first-order chi connectivity index (χ1) is 9.19. The Morgan fingerprint density at radius 3 is 3.11 bits per heavy atom. The molecule has 0 bridgehead atoms. The zero-order chi connectivity index (χ0) is 13.7. The van der Waals surface area contributed by atoms with Gasteiger partial charge in [0, 0.05) is 13.0 Å². The maximum Gasteiger partial charge on any atom is 0.230 e. The van der Waals surface area contributed by atoms with Crippen molar-refractivity contribution in [2.24, 2.45) is 0 Å². The van der Waals surface area contributed by atoms with Gasteiger partial charge in [-0.05, 0) is 30.4 Å². The number of aromatic amines is 1. The summed E-state index contributed by atoms with van der Waals surface area (Å²) < 4.78 is 0. The lowest BCUT2D eigenvalue weighted by molar-refractivity contribution is -0.118. The summed E-state index contributed by atoms with van der Waals surface area (Å²) in [7, 11) is 0. The summed E-state index contributed by atoms with van der Waals surface area (Å²) >= 11 is 1.63. The van der Waals surface area contributed by atoms with Crippen LogP contribution in [0, 0.1) is 6.92 Å². The van der Waals surface area contributed by atoms with Crippen molar-refractivity contribution in [2.75, 3.05) is 18.1 Å². The molecule has 2 aromatic rings. The van der Waals surface area contributed by atoms with Crippen LogP contribution in [0.4, 0.5) is 0 Å². The number of hydrogen-bond acceptors (Lipinski definition) is 3. The van der Waals surface area contributed by atoms with Crippen LogP contribution < -0.4 is 5.32 Å². The molecule has 2 N–H and O–H groups in total. The number of H-pyrrole nitrogens is 1. The van der Waals surface area contributed by atoms with Crippen LogP contribution in [-0.4, -0.2) is 33.9 Å². The largest absolute Gasteiger partial charge is 0.355 e. The Balaban J connectivity index is 1.86. The molecule has 1 aromatic heterocycles. The molecule has 19 heavy (non-hydrogen) atoms. The molecule has 0 unspecified atom stereocenters. The molecule has 1 heterocycles. The summed E-state index contributed by atoms with van der Waals surface area (Å²) in [5.41, 5.74) is 3.25. The second kappa shape index (κ2) is 6.61. The highest BCUT2D eigenvalue weighted by atomic mass is 32.2. The van der Waals surface area contributed by atoms with Gasteiger partial charge in [0.15, 0.2) is 0 Å². The third kappa shape index (κ3) is 3.99. The van der Waals surface area contributed by atoms with E-state index in [0.29, 0.717) is 12.3 Å². The van der Waals surface area contributed by atoms with E-state index in [2.05, 4.69) is 34.3 Å². The number of aromatic nitrogens is 2. The van der Waals surface area contributed by atoms with Crippen molar-refractivity contribution in [3.8, 4) is 0 Å². The Hall–Kier alpha value is -1.49. The smallest absolute Gasteiger partial charge is 0.230 e. The van der Waals surface area contributed by atoms with Crippen LogP contribution in [0.15, 0.2) is 18.2 Å². The van der Waals surface area contributed by atoms with Crippen LogP contribution in [-0.2, 0) is 11.2 Å². The van der Waals surface area contributed by atoms with E-state index in [1.165, 1.54) is 5.56 Å². The lowest BCUT2D eigenvalue weighted by Gasteiger charge is -2.02. The summed E-state index contributed by atoms with van der Waals surface area (Å²) in [5.74, 6) is 2.52. The predicted molar refractivity (Wildman–Crippen MR) is 80.5 cm³/mol. The van der Waals surface area contributed by atoms with Crippen LogP contribution in [0.1, 0.15) is 18.3 Å². The van der Waals surface area contributed by atoms with Crippen molar-refractivity contribution < 1.29 is 4.79 Å². The zero-order valence-corrected chi connectivity index (χ0v) is 12.1. The summed E-state index contributed by atoms with van der Waals surface area (Å²) in [6.45, 7) is 4.74. The fourth-order valence-corrected chi connectivity index (χ4v) is 2.35. The van der Waals surface area contributed by atoms with Crippen molar-refractivity contribution >= 4 is 28.7 Å². The SMILES string of the molecule is CCSCC(=O)NCCc1nc2ccc(C)cc2[nH]1. The average molecular weight is 277 g/mol. The molecular formula is C14H19N3OS. The highest BCUT2D eigenvalue weighted by Gasteiger charge is 2.04. The number of carbonyl (C=O) groups is 1. The van der Waals surface area contributed by atoms with Crippen molar-refractivity contribution in [3.05, 3.63) is 29.6 Å². The van der Waals surface area contributed by atoms with Gasteiger partial charge in [-0.3, -0.25) is 4.79 Å². The highest BCUT2D eigenvalue weighted by molar-refractivity contribution is 7.99. The number of hydrogen-bond donors (Lipinski definition) is 2. The minimum atomic E-state index is 0.0961. The van der Waals surface area contributed by atoms with Gasteiger partial charge in [0.05, 0.1) is 16.8 Å². The molecule has 102 valence electrons. The number of nitrogens with one attached hydrogen (secondary N) is 2. The minimum Gasteiger partial charge on any atom is -0.355 e. The maximum atomic E-state index is 11.4. The normalized spacial score (nSPS) is 10.8. The lowest BCUT2D eigenvalue weighted by Crippen LogP contribution is -2.27. The fourth-order valence-electron chi connectivity index (χ4n) is 1.86. The van der Waals surface area contributed by atoms with Crippen molar-refractivity contribution in [1.29, 1.82) is 0 Å². The standard InChI is InChI=1S/C14H19N3OS/c1-3-19-9-14(18)15-7-6-13-16-11-5-4-10(2)8-12(11)17-13/h4-5,8H,3,6-7,9H2,1-2H3,(H,15,18)(H,16,17). The van der Waals surface area contributed by atoms with Crippen molar-refractivity contribution in [2.45, 2.75) is 20.3 Å². The molecule has 1 amide bonds. The van der Waals surface area contributed by atoms with Gasteiger partial charge >= 0.3 is 0 Å². The molecule has 0 radical (unpaired) electrons. The summed E-state index contributed by atoms with van der Waals surface area (Å²) in [5, 5.41) is 2.90. The molecule has 0 atom stereocenters. The Kier molecular flexibility index (Phi) is 4.85. The van der Waals surface area contributed by atoms with Crippen LogP contribution in [0.5, 0.6) is 0 Å². The van der Waals surface area contributed by atoms with E-state index < -0.39 is 0 Å². The number of imidazole rings is 1. The van der Waals surface area contributed by atoms with Crippen LogP contribution >= 0.6 is 11.8 Å². The van der Waals surface area contributed by atoms with E-state index in [1.807, 2.05) is 13.0 Å². The second-order valence-electron chi connectivity index (χ2n) is 4.44. The van der Waals surface area contributed by atoms with Gasteiger partial charge in [-0.15, -0.1) is 0 Å². The van der Waals surface area contributed by atoms with Gasteiger partial charge in [-0.25, -0.2) is 4.98 Å². The summed E-state index contributed by atoms with van der Waals surface area (Å²) in [6.07, 6.45) is 0.732. The molecule has 0 aliphatic carbocycles. The van der Waals surface area contributed by atoms with Gasteiger partial charge in [-0.1, -0.05) is 13.0 Å². The first-order valence-corrected chi connectivity index (χ1v) is 7.64. The topological polar surface area (TPSA) is 57.8 Å². The molecule has 0 saturated heterocycles. The van der Waals surface area contributed by atoms with Crippen LogP contribution in [0.25, 0.3) is 11.0 Å². The first-order valence-electron chi connectivity index (χ1n) is 6.48. The number of benzene rings is 1. The van der Waals surface area contributed by atoms with Gasteiger partial charge in [0.2, 0.25) is 5.91 Å². The monoisotopic (exact) mass is 277 g/mol. The van der Waals surface area contributed by atoms with Gasteiger partial charge in [-0.2, -0.15) is 11.8 Å². The van der Waals surface area contributed by atoms with E-state index in [4.69, 9.17) is 0 Å². The number of rotatable bonds is 6. The summed E-state index contributed by atoms with van der Waals surface area (Å²) in [6, 6.07) is 6.15. The van der Waals surface area contributed by atoms with E-state index in [9.17, 15) is 4.79 Å². The molecule has 0 fully saturated rings. The van der Waals surface area contributed by atoms with E-state index in [0.717, 1.165) is 29.0 Å². The van der Waals surface area contributed by atoms with Crippen molar-refractivity contribution in [1.82, 2.24) is 15.3 Å². The molecule has 0 aliphatic rings. The van der Waals surface area contributed by atoms with Gasteiger partial charge < -0.3 is 10.3 Å². The average Bonchev–Trinajstić information content (AvgIpc) is 2.78. The number of carbonyl (C=O) groups excluding carboxylic acids is 1. The third-order valence-electron chi connectivity index (χ3n) is 2.81. The Bertz CT molecular complexity index is 565. The Morgan fingerprint density at radius 1 is 1.47 bits per heavy atom. The fraction of sp³-hybridized carbons (Fsp3) is 0.429. The van der Waals surface area contributed by atoms with E-state index in [1.54, 1.807) is 11.8 Å². The number of amides is 1. The van der Waals surface area contributed by atoms with E-state index in [-0.39, 0.29) is 5.91 Å². The maximum absolute atomic E-state index is 11.4. The number of aryl methyl sites for hydroxylation is 1. The molecule has 4 nitrogen and oxygen atoms in total. The lowest BCUT2D eigenvalue weighted by atomic mass is 10.2. The van der Waals surface area contributed by atoms with Crippen LogP contribution in [0.3, 0.4) is 0 Å². The molecule has 5 heteroatoms. The molecule has 1 aromatic carbocycles. The molecule has 2 rings (SSSR count). The van der Waals surface area contributed by atoms with Gasteiger partial charge in [0.1, 0.15) is 5.82 Å². The van der Waals surface area contributed by atoms with Gasteiger partial charge in [0.25, 0.3) is 0 Å². The number of thioether (sulfide) groups is 1. The predicted octanol–water partition coefficient (Wildman–Crippen LogP) is 2.28. The molecule has 0 aliphatic heterocycles. The summed E-state index contributed by atoms with van der Waals surface area (Å²) in [4.78, 5) is 19.2. The van der Waals surface area contributed by atoms with Crippen LogP contribution in [0.2, 0.25) is 0 Å². The number of fused-ring (bicyclic) bond motifs is 1. The first kappa shape index (κ1) is 13.9. The quantitative estimate of drug-likeness (QED) is 0.851. The Labute approximate surface area is 117 Å².